The molecule has 0 saturated carbocycles. The van der Waals surface area contributed by atoms with Crippen LogP contribution < -0.4 is 15.4 Å². The Bertz CT molecular complexity index is 454. The van der Waals surface area contributed by atoms with Crippen molar-refractivity contribution in [2.24, 2.45) is 0 Å². The largest absolute Gasteiger partial charge is 0.432 e. The molecular formula is C13H17F3N2O. The van der Waals surface area contributed by atoms with Crippen LogP contribution in [0, 0.1) is 5.82 Å². The molecule has 1 unspecified atom stereocenters. The highest BCUT2D eigenvalue weighted by molar-refractivity contribution is 5.70. The van der Waals surface area contributed by atoms with Crippen LogP contribution in [-0.2, 0) is 0 Å². The van der Waals surface area contributed by atoms with Crippen molar-refractivity contribution in [1.29, 1.82) is 0 Å². The summed E-state index contributed by atoms with van der Waals surface area (Å²) in [4.78, 5) is 2.01. The number of hydrogen-bond acceptors (Lipinski definition) is 3. The fourth-order valence-corrected chi connectivity index (χ4v) is 2.45. The lowest BCUT2D eigenvalue weighted by molar-refractivity contribution is -0.0521. The first-order valence-corrected chi connectivity index (χ1v) is 6.29. The predicted molar refractivity (Wildman–Crippen MR) is 68.1 cm³/mol. The monoisotopic (exact) mass is 274 g/mol. The maximum absolute atomic E-state index is 13.5. The van der Waals surface area contributed by atoms with Crippen LogP contribution in [0.3, 0.4) is 0 Å². The van der Waals surface area contributed by atoms with E-state index in [0.717, 1.165) is 31.9 Å². The normalized spacial score (nSPS) is 19.8. The number of rotatable bonds is 3. The molecule has 1 aromatic rings. The van der Waals surface area contributed by atoms with Crippen molar-refractivity contribution < 1.29 is 17.9 Å². The van der Waals surface area contributed by atoms with Crippen molar-refractivity contribution in [2.75, 3.05) is 17.2 Å². The van der Waals surface area contributed by atoms with Crippen LogP contribution >= 0.6 is 0 Å². The van der Waals surface area contributed by atoms with E-state index in [1.54, 1.807) is 0 Å². The van der Waals surface area contributed by atoms with E-state index in [-0.39, 0.29) is 11.7 Å². The van der Waals surface area contributed by atoms with Crippen LogP contribution in [0.25, 0.3) is 0 Å². The average Bonchev–Trinajstić information content (AvgIpc) is 2.33. The molecule has 1 saturated heterocycles. The standard InChI is InChI=1S/C13H17F3N2O/c1-8-4-2-3-5-18(8)11-7-12(19-13(15)16)9(14)6-10(11)17/h6-8,13H,2-5,17H2,1H3. The molecule has 1 fully saturated rings. The second-order valence-corrected chi connectivity index (χ2v) is 4.76. The minimum Gasteiger partial charge on any atom is -0.432 e. The molecule has 0 aromatic heterocycles. The Labute approximate surface area is 110 Å². The van der Waals surface area contributed by atoms with Gasteiger partial charge in [-0.25, -0.2) is 4.39 Å². The number of halogens is 3. The minimum atomic E-state index is -3.05. The third kappa shape index (κ3) is 3.05. The van der Waals surface area contributed by atoms with Crippen molar-refractivity contribution in [3.05, 3.63) is 17.9 Å². The lowest BCUT2D eigenvalue weighted by Crippen LogP contribution is -2.37. The molecule has 1 aromatic carbocycles. The van der Waals surface area contributed by atoms with Crippen LogP contribution in [0.2, 0.25) is 0 Å². The number of nitrogen functional groups attached to an aromatic ring is 1. The SMILES string of the molecule is CC1CCCCN1c1cc(OC(F)F)c(F)cc1N. The Morgan fingerprint density at radius 2 is 2.11 bits per heavy atom. The number of hydrogen-bond donors (Lipinski definition) is 1. The molecule has 2 N–H and O–H groups in total. The zero-order chi connectivity index (χ0) is 14.0. The Balaban J connectivity index is 2.33. The summed E-state index contributed by atoms with van der Waals surface area (Å²) >= 11 is 0. The molecule has 0 aliphatic carbocycles. The van der Waals surface area contributed by atoms with E-state index < -0.39 is 18.2 Å². The molecule has 3 nitrogen and oxygen atoms in total. The fourth-order valence-electron chi connectivity index (χ4n) is 2.45. The lowest BCUT2D eigenvalue weighted by atomic mass is 10.0. The van der Waals surface area contributed by atoms with E-state index in [0.29, 0.717) is 5.69 Å². The van der Waals surface area contributed by atoms with Gasteiger partial charge in [0.15, 0.2) is 11.6 Å². The zero-order valence-electron chi connectivity index (χ0n) is 10.7. The van der Waals surface area contributed by atoms with Crippen LogP contribution in [0.15, 0.2) is 12.1 Å². The van der Waals surface area contributed by atoms with Gasteiger partial charge in [-0.3, -0.25) is 0 Å². The maximum atomic E-state index is 13.5. The van der Waals surface area contributed by atoms with Gasteiger partial charge in [0, 0.05) is 24.7 Å². The molecule has 6 heteroatoms. The smallest absolute Gasteiger partial charge is 0.387 e. The molecule has 2 rings (SSSR count). The highest BCUT2D eigenvalue weighted by atomic mass is 19.3. The number of nitrogens with two attached hydrogens (primary N) is 1. The summed E-state index contributed by atoms with van der Waals surface area (Å²) in [6, 6.07) is 2.55. The van der Waals surface area contributed by atoms with E-state index >= 15 is 0 Å². The van der Waals surface area contributed by atoms with Gasteiger partial charge in [0.05, 0.1) is 11.4 Å². The summed E-state index contributed by atoms with van der Waals surface area (Å²) in [7, 11) is 0. The van der Waals surface area contributed by atoms with E-state index in [1.807, 2.05) is 11.8 Å². The molecule has 19 heavy (non-hydrogen) atoms. The van der Waals surface area contributed by atoms with Gasteiger partial charge >= 0.3 is 6.61 Å². The summed E-state index contributed by atoms with van der Waals surface area (Å²) in [5, 5.41) is 0. The summed E-state index contributed by atoms with van der Waals surface area (Å²) in [6.07, 6.45) is 3.13. The predicted octanol–water partition coefficient (Wildman–Crippen LogP) is 3.39. The van der Waals surface area contributed by atoms with Crippen LogP contribution in [0.5, 0.6) is 5.75 Å². The first-order valence-electron chi connectivity index (χ1n) is 6.29. The van der Waals surface area contributed by atoms with E-state index in [1.165, 1.54) is 6.07 Å². The number of alkyl halides is 2. The van der Waals surface area contributed by atoms with Gasteiger partial charge in [-0.1, -0.05) is 0 Å². The second-order valence-electron chi connectivity index (χ2n) is 4.76. The molecule has 0 radical (unpaired) electrons. The van der Waals surface area contributed by atoms with Gasteiger partial charge in [0.25, 0.3) is 0 Å². The number of ether oxygens (including phenoxy) is 1. The van der Waals surface area contributed by atoms with Gasteiger partial charge in [-0.05, 0) is 26.2 Å². The Hall–Kier alpha value is -1.59. The molecule has 0 amide bonds. The first-order chi connectivity index (χ1) is 8.99. The van der Waals surface area contributed by atoms with Crippen molar-refractivity contribution >= 4 is 11.4 Å². The van der Waals surface area contributed by atoms with Gasteiger partial charge < -0.3 is 15.4 Å². The summed E-state index contributed by atoms with van der Waals surface area (Å²) in [6.45, 7) is -0.231. The summed E-state index contributed by atoms with van der Waals surface area (Å²) < 4.78 is 42.1. The molecule has 1 heterocycles. The fraction of sp³-hybridized carbons (Fsp3) is 0.538. The first kappa shape index (κ1) is 13.8. The number of anilines is 2. The molecule has 0 spiro atoms. The van der Waals surface area contributed by atoms with Crippen LogP contribution in [0.1, 0.15) is 26.2 Å². The molecule has 1 aliphatic heterocycles. The lowest BCUT2D eigenvalue weighted by Gasteiger charge is -2.36. The molecule has 0 bridgehead atoms. The van der Waals surface area contributed by atoms with Gasteiger partial charge in [0.1, 0.15) is 0 Å². The molecule has 1 aliphatic rings. The molecule has 1 atom stereocenters. The third-order valence-electron chi connectivity index (χ3n) is 3.41. The summed E-state index contributed by atoms with van der Waals surface area (Å²) in [5.41, 5.74) is 6.59. The molecule has 106 valence electrons. The second kappa shape index (κ2) is 5.59. The van der Waals surface area contributed by atoms with Gasteiger partial charge in [0.2, 0.25) is 0 Å². The van der Waals surface area contributed by atoms with Crippen molar-refractivity contribution in [1.82, 2.24) is 0 Å². The van der Waals surface area contributed by atoms with Crippen molar-refractivity contribution in [2.45, 2.75) is 38.8 Å². The number of benzene rings is 1. The van der Waals surface area contributed by atoms with E-state index in [4.69, 9.17) is 5.73 Å². The van der Waals surface area contributed by atoms with Crippen molar-refractivity contribution in [3.8, 4) is 5.75 Å². The number of nitrogens with zero attached hydrogens (tertiary/aromatic N) is 1. The maximum Gasteiger partial charge on any atom is 0.387 e. The van der Waals surface area contributed by atoms with Crippen LogP contribution in [-0.4, -0.2) is 19.2 Å². The highest BCUT2D eigenvalue weighted by Gasteiger charge is 2.23. The third-order valence-corrected chi connectivity index (χ3v) is 3.41. The minimum absolute atomic E-state index is 0.243. The molecular weight excluding hydrogens is 257 g/mol. The van der Waals surface area contributed by atoms with Crippen LogP contribution in [0.4, 0.5) is 24.5 Å². The Morgan fingerprint density at radius 3 is 2.74 bits per heavy atom. The highest BCUT2D eigenvalue weighted by Crippen LogP contribution is 2.35. The van der Waals surface area contributed by atoms with Gasteiger partial charge in [-0.15, -0.1) is 0 Å². The average molecular weight is 274 g/mol. The van der Waals surface area contributed by atoms with Gasteiger partial charge in [-0.2, -0.15) is 8.78 Å². The van der Waals surface area contributed by atoms with E-state index in [9.17, 15) is 13.2 Å². The Morgan fingerprint density at radius 1 is 1.37 bits per heavy atom. The van der Waals surface area contributed by atoms with E-state index in [2.05, 4.69) is 4.74 Å². The number of piperidine rings is 1. The topological polar surface area (TPSA) is 38.5 Å². The summed E-state index contributed by atoms with van der Waals surface area (Å²) in [5.74, 6) is -1.33. The zero-order valence-corrected chi connectivity index (χ0v) is 10.7. The van der Waals surface area contributed by atoms with Crippen molar-refractivity contribution in [3.63, 3.8) is 0 Å². The quantitative estimate of drug-likeness (QED) is 0.859. The Kier molecular flexibility index (Phi) is 4.07.